The highest BCUT2D eigenvalue weighted by atomic mass is 16.4. The molecule has 2 atom stereocenters. The molecule has 0 amide bonds. The Morgan fingerprint density at radius 3 is 2.47 bits per heavy atom. The summed E-state index contributed by atoms with van der Waals surface area (Å²) >= 11 is 0. The molecular weight excluding hydrogens is 224 g/mol. The smallest absolute Gasteiger partial charge is 0.303 e. The third-order valence-corrected chi connectivity index (χ3v) is 2.47. The molecule has 0 fully saturated rings. The molecule has 0 aromatic heterocycles. The Hall–Kier alpha value is -1.77. The maximum absolute atomic E-state index is 10.5. The van der Waals surface area contributed by atoms with E-state index in [4.69, 9.17) is 5.11 Å². The maximum Gasteiger partial charge on any atom is 0.303 e. The Bertz CT molecular complexity index is 330. The number of nitrogens with zero attached hydrogens (tertiary/aromatic N) is 2. The molecule has 0 aliphatic carbocycles. The van der Waals surface area contributed by atoms with Crippen molar-refractivity contribution in [3.63, 3.8) is 0 Å². The van der Waals surface area contributed by atoms with Crippen LogP contribution in [0.15, 0.2) is 9.98 Å². The number of hydrogen-bond donors (Lipinski definition) is 1. The van der Waals surface area contributed by atoms with Gasteiger partial charge in [-0.25, -0.2) is 19.6 Å². The van der Waals surface area contributed by atoms with E-state index >= 15 is 0 Å². The van der Waals surface area contributed by atoms with E-state index in [1.54, 1.807) is 0 Å². The first-order valence-corrected chi connectivity index (χ1v) is 5.48. The van der Waals surface area contributed by atoms with Gasteiger partial charge in [0, 0.05) is 12.3 Å². The Balaban J connectivity index is 4.63. The predicted octanol–water partition coefficient (Wildman–Crippen LogP) is 1.31. The molecule has 0 aliphatic rings. The van der Waals surface area contributed by atoms with Gasteiger partial charge in [0.15, 0.2) is 0 Å². The summed E-state index contributed by atoms with van der Waals surface area (Å²) in [6.07, 6.45) is 4.65. The number of isocyanates is 2. The molecule has 6 heteroatoms. The summed E-state index contributed by atoms with van der Waals surface area (Å²) in [5, 5.41) is 8.61. The first kappa shape index (κ1) is 15.2. The minimum absolute atomic E-state index is 0.0341. The molecular formula is C11H16N2O4. The number of rotatable bonds is 9. The fourth-order valence-corrected chi connectivity index (χ4v) is 1.64. The second-order valence-electron chi connectivity index (χ2n) is 3.70. The van der Waals surface area contributed by atoms with Crippen LogP contribution in [0.5, 0.6) is 0 Å². The second-order valence-corrected chi connectivity index (χ2v) is 3.70. The van der Waals surface area contributed by atoms with Crippen LogP contribution in [0.4, 0.5) is 0 Å². The number of carboxylic acid groups (broad SMARTS) is 1. The monoisotopic (exact) mass is 240 g/mol. The van der Waals surface area contributed by atoms with E-state index in [0.717, 1.165) is 6.42 Å². The minimum atomic E-state index is -0.921. The van der Waals surface area contributed by atoms with Crippen molar-refractivity contribution in [2.75, 3.05) is 6.54 Å². The zero-order valence-corrected chi connectivity index (χ0v) is 9.76. The number of aliphatic carboxylic acids is 1. The van der Waals surface area contributed by atoms with Gasteiger partial charge < -0.3 is 5.11 Å². The number of carboxylic acids is 1. The first-order chi connectivity index (χ1) is 8.15. The third-order valence-electron chi connectivity index (χ3n) is 2.47. The molecule has 1 N–H and O–H groups in total. The average Bonchev–Trinajstić information content (AvgIpc) is 2.29. The number of carbonyl (C=O) groups is 1. The van der Waals surface area contributed by atoms with Gasteiger partial charge in [-0.15, -0.1) is 0 Å². The molecule has 0 aliphatic heterocycles. The average molecular weight is 240 g/mol. The summed E-state index contributed by atoms with van der Waals surface area (Å²) in [6, 6.07) is -0.325. The molecule has 6 nitrogen and oxygen atoms in total. The highest BCUT2D eigenvalue weighted by molar-refractivity contribution is 5.66. The molecule has 0 aromatic carbocycles. The van der Waals surface area contributed by atoms with Crippen LogP contribution < -0.4 is 0 Å². The number of aliphatic imine (C=N–C) groups is 2. The standard InChI is InChI=1S/C11H16N2O4/c1-2-3-10(13-8-15)9(6-12-7-14)4-5-11(16)17/h9-10H,2-6H2,1H3,(H,16,17). The molecule has 0 bridgehead atoms. The van der Waals surface area contributed by atoms with E-state index in [-0.39, 0.29) is 24.9 Å². The lowest BCUT2D eigenvalue weighted by Crippen LogP contribution is -2.22. The van der Waals surface area contributed by atoms with Gasteiger partial charge in [-0.2, -0.15) is 0 Å². The van der Waals surface area contributed by atoms with Gasteiger partial charge in [-0.05, 0) is 12.8 Å². The minimum Gasteiger partial charge on any atom is -0.481 e. The van der Waals surface area contributed by atoms with Crippen LogP contribution in [0, 0.1) is 5.92 Å². The summed E-state index contributed by atoms with van der Waals surface area (Å²) in [5.74, 6) is -1.15. The molecule has 0 radical (unpaired) electrons. The van der Waals surface area contributed by atoms with Crippen molar-refractivity contribution < 1.29 is 19.5 Å². The largest absolute Gasteiger partial charge is 0.481 e. The van der Waals surface area contributed by atoms with Crippen molar-refractivity contribution in [3.8, 4) is 0 Å². The van der Waals surface area contributed by atoms with Gasteiger partial charge in [0.25, 0.3) is 0 Å². The molecule has 0 spiro atoms. The zero-order valence-electron chi connectivity index (χ0n) is 9.76. The predicted molar refractivity (Wildman–Crippen MR) is 60.2 cm³/mol. The van der Waals surface area contributed by atoms with Gasteiger partial charge in [0.1, 0.15) is 0 Å². The van der Waals surface area contributed by atoms with Crippen LogP contribution in [-0.2, 0) is 14.4 Å². The van der Waals surface area contributed by atoms with Crippen molar-refractivity contribution in [2.45, 2.75) is 38.6 Å². The van der Waals surface area contributed by atoms with Crippen LogP contribution in [0.2, 0.25) is 0 Å². The third kappa shape index (κ3) is 7.17. The molecule has 0 saturated heterocycles. The van der Waals surface area contributed by atoms with E-state index in [9.17, 15) is 14.4 Å². The van der Waals surface area contributed by atoms with Gasteiger partial charge in [-0.1, -0.05) is 13.3 Å². The zero-order chi connectivity index (χ0) is 13.1. The van der Waals surface area contributed by atoms with Crippen molar-refractivity contribution in [3.05, 3.63) is 0 Å². The van der Waals surface area contributed by atoms with Crippen LogP contribution in [0.1, 0.15) is 32.6 Å². The van der Waals surface area contributed by atoms with Gasteiger partial charge in [-0.3, -0.25) is 4.79 Å². The van der Waals surface area contributed by atoms with Gasteiger partial charge >= 0.3 is 5.97 Å². The molecule has 17 heavy (non-hydrogen) atoms. The Labute approximate surface area is 99.5 Å². The van der Waals surface area contributed by atoms with E-state index < -0.39 is 5.97 Å². The number of hydrogen-bond acceptors (Lipinski definition) is 5. The van der Waals surface area contributed by atoms with Crippen molar-refractivity contribution in [1.29, 1.82) is 0 Å². The van der Waals surface area contributed by atoms with Crippen molar-refractivity contribution in [2.24, 2.45) is 15.9 Å². The molecule has 2 unspecified atom stereocenters. The molecule has 0 rings (SSSR count). The van der Waals surface area contributed by atoms with Crippen LogP contribution in [0.3, 0.4) is 0 Å². The lowest BCUT2D eigenvalue weighted by atomic mass is 9.92. The summed E-state index contributed by atoms with van der Waals surface area (Å²) in [4.78, 5) is 38.0. The molecule has 0 aromatic rings. The van der Waals surface area contributed by atoms with Gasteiger partial charge in [0.2, 0.25) is 12.2 Å². The van der Waals surface area contributed by atoms with Crippen molar-refractivity contribution >= 4 is 18.1 Å². The van der Waals surface area contributed by atoms with Gasteiger partial charge in [0.05, 0.1) is 12.6 Å². The fourth-order valence-electron chi connectivity index (χ4n) is 1.64. The maximum atomic E-state index is 10.5. The lowest BCUT2D eigenvalue weighted by Gasteiger charge is -2.19. The highest BCUT2D eigenvalue weighted by Crippen LogP contribution is 2.19. The fraction of sp³-hybridized carbons (Fsp3) is 0.727. The Kier molecular flexibility index (Phi) is 8.47. The van der Waals surface area contributed by atoms with Crippen molar-refractivity contribution in [1.82, 2.24) is 0 Å². The normalized spacial score (nSPS) is 13.0. The lowest BCUT2D eigenvalue weighted by molar-refractivity contribution is -0.137. The molecule has 0 heterocycles. The quantitative estimate of drug-likeness (QED) is 0.485. The van der Waals surface area contributed by atoms with Crippen LogP contribution in [-0.4, -0.2) is 35.8 Å². The summed E-state index contributed by atoms with van der Waals surface area (Å²) in [5.41, 5.74) is 0. The van der Waals surface area contributed by atoms with E-state index in [1.165, 1.54) is 12.2 Å². The van der Waals surface area contributed by atoms with Crippen LogP contribution in [0.25, 0.3) is 0 Å². The highest BCUT2D eigenvalue weighted by Gasteiger charge is 2.21. The Morgan fingerprint density at radius 2 is 2.00 bits per heavy atom. The number of carbonyl (C=O) groups excluding carboxylic acids is 2. The topological polar surface area (TPSA) is 96.2 Å². The summed E-state index contributed by atoms with van der Waals surface area (Å²) in [7, 11) is 0. The van der Waals surface area contributed by atoms with E-state index in [0.29, 0.717) is 12.8 Å². The second kappa shape index (κ2) is 9.46. The first-order valence-electron chi connectivity index (χ1n) is 5.48. The van der Waals surface area contributed by atoms with E-state index in [2.05, 4.69) is 9.98 Å². The molecule has 0 saturated carbocycles. The SMILES string of the molecule is CCCC(N=C=O)C(CCC(=O)O)CN=C=O. The summed E-state index contributed by atoms with van der Waals surface area (Å²) in [6.45, 7) is 2.08. The molecule has 94 valence electrons. The van der Waals surface area contributed by atoms with E-state index in [1.807, 2.05) is 6.92 Å². The Morgan fingerprint density at radius 1 is 1.29 bits per heavy atom. The van der Waals surface area contributed by atoms with Crippen LogP contribution >= 0.6 is 0 Å². The summed E-state index contributed by atoms with van der Waals surface area (Å²) < 4.78 is 0.